The second-order valence-corrected chi connectivity index (χ2v) is 6.94. The first kappa shape index (κ1) is 19.5. The number of hydrogen-bond acceptors (Lipinski definition) is 3. The summed E-state index contributed by atoms with van der Waals surface area (Å²) in [5.41, 5.74) is 5.83. The van der Waals surface area contributed by atoms with Gasteiger partial charge in [0.25, 0.3) is 0 Å². The molecule has 0 unspecified atom stereocenters. The van der Waals surface area contributed by atoms with E-state index in [1.165, 1.54) is 0 Å². The second-order valence-electron chi connectivity index (χ2n) is 6.94. The molecule has 0 N–H and O–H groups in total. The van der Waals surface area contributed by atoms with Crippen molar-refractivity contribution in [3.8, 4) is 11.1 Å². The summed E-state index contributed by atoms with van der Waals surface area (Å²) in [7, 11) is 1.77. The molecular weight excluding hydrogens is 348 g/mol. The van der Waals surface area contributed by atoms with Gasteiger partial charge in [0, 0.05) is 44.0 Å². The Hall–Kier alpha value is -3.27. The number of pyridine rings is 1. The summed E-state index contributed by atoms with van der Waals surface area (Å²) in [6.45, 7) is 3.55. The minimum Gasteiger partial charge on any atom is -0.315 e. The van der Waals surface area contributed by atoms with Crippen molar-refractivity contribution in [3.63, 3.8) is 0 Å². The van der Waals surface area contributed by atoms with Gasteiger partial charge in [-0.1, -0.05) is 36.4 Å². The van der Waals surface area contributed by atoms with Crippen molar-refractivity contribution in [2.45, 2.75) is 26.7 Å². The van der Waals surface area contributed by atoms with Gasteiger partial charge in [0.2, 0.25) is 5.91 Å². The molecule has 1 amide bonds. The van der Waals surface area contributed by atoms with Gasteiger partial charge in [-0.3, -0.25) is 14.6 Å². The normalized spacial score (nSPS) is 10.5. The van der Waals surface area contributed by atoms with Crippen molar-refractivity contribution in [1.82, 2.24) is 4.98 Å². The van der Waals surface area contributed by atoms with Crippen LogP contribution in [-0.2, 0) is 11.2 Å². The van der Waals surface area contributed by atoms with Crippen LogP contribution in [0.2, 0.25) is 0 Å². The number of aromatic nitrogens is 1. The summed E-state index contributed by atoms with van der Waals surface area (Å²) < 4.78 is 0. The first-order chi connectivity index (χ1) is 13.5. The van der Waals surface area contributed by atoms with Crippen LogP contribution in [0.5, 0.6) is 0 Å². The SMILES string of the molecule is CC(=O)N(C)c1ccc(-c2ccc(C(=O)CCc3cccnc3)cc2)cc1C. The Kier molecular flexibility index (Phi) is 5.99. The molecule has 0 saturated carbocycles. The maximum Gasteiger partial charge on any atom is 0.223 e. The summed E-state index contributed by atoms with van der Waals surface area (Å²) in [5.74, 6) is 0.134. The maximum absolute atomic E-state index is 12.4. The van der Waals surface area contributed by atoms with Gasteiger partial charge < -0.3 is 4.90 Å². The van der Waals surface area contributed by atoms with E-state index in [9.17, 15) is 9.59 Å². The monoisotopic (exact) mass is 372 g/mol. The van der Waals surface area contributed by atoms with Gasteiger partial charge in [-0.2, -0.15) is 0 Å². The van der Waals surface area contributed by atoms with Gasteiger partial charge in [0.1, 0.15) is 0 Å². The zero-order valence-corrected chi connectivity index (χ0v) is 16.5. The summed E-state index contributed by atoms with van der Waals surface area (Å²) in [5, 5.41) is 0. The fourth-order valence-corrected chi connectivity index (χ4v) is 3.18. The lowest BCUT2D eigenvalue weighted by Crippen LogP contribution is -2.23. The van der Waals surface area contributed by atoms with E-state index in [0.717, 1.165) is 33.5 Å². The minimum absolute atomic E-state index is 0.00463. The topological polar surface area (TPSA) is 50.3 Å². The molecule has 0 aliphatic heterocycles. The molecule has 4 heteroatoms. The number of ketones is 1. The summed E-state index contributed by atoms with van der Waals surface area (Å²) >= 11 is 0. The number of nitrogens with zero attached hydrogens (tertiary/aromatic N) is 2. The van der Waals surface area contributed by atoms with Crippen LogP contribution < -0.4 is 4.90 Å². The molecule has 28 heavy (non-hydrogen) atoms. The quantitative estimate of drug-likeness (QED) is 0.581. The molecule has 0 radical (unpaired) electrons. The van der Waals surface area contributed by atoms with Crippen molar-refractivity contribution in [2.24, 2.45) is 0 Å². The van der Waals surface area contributed by atoms with Gasteiger partial charge in [-0.05, 0) is 53.8 Å². The van der Waals surface area contributed by atoms with Gasteiger partial charge in [0.15, 0.2) is 5.78 Å². The third kappa shape index (κ3) is 4.52. The van der Waals surface area contributed by atoms with Crippen LogP contribution in [0.1, 0.15) is 34.8 Å². The highest BCUT2D eigenvalue weighted by Crippen LogP contribution is 2.27. The summed E-state index contributed by atoms with van der Waals surface area (Å²) in [6, 6.07) is 17.6. The number of amides is 1. The Morgan fingerprint density at radius 2 is 1.71 bits per heavy atom. The van der Waals surface area contributed by atoms with E-state index in [1.807, 2.05) is 55.5 Å². The average molecular weight is 372 g/mol. The number of rotatable bonds is 6. The second kappa shape index (κ2) is 8.61. The highest BCUT2D eigenvalue weighted by molar-refractivity contribution is 5.96. The van der Waals surface area contributed by atoms with Gasteiger partial charge in [-0.15, -0.1) is 0 Å². The molecule has 0 bridgehead atoms. The number of hydrogen-bond donors (Lipinski definition) is 0. The largest absolute Gasteiger partial charge is 0.315 e. The van der Waals surface area contributed by atoms with E-state index in [0.29, 0.717) is 12.8 Å². The number of carbonyl (C=O) groups is 2. The minimum atomic E-state index is 0.00463. The van der Waals surface area contributed by atoms with Crippen LogP contribution in [0.15, 0.2) is 67.0 Å². The number of aryl methyl sites for hydroxylation is 2. The van der Waals surface area contributed by atoms with Crippen LogP contribution in [0.3, 0.4) is 0 Å². The number of Topliss-reactive ketones (excluding diaryl/α,β-unsaturated/α-hetero) is 1. The molecule has 3 aromatic rings. The summed E-state index contributed by atoms with van der Waals surface area (Å²) in [6.07, 6.45) is 4.69. The highest BCUT2D eigenvalue weighted by atomic mass is 16.2. The van der Waals surface area contributed by atoms with Crippen molar-refractivity contribution in [2.75, 3.05) is 11.9 Å². The highest BCUT2D eigenvalue weighted by Gasteiger charge is 2.11. The average Bonchev–Trinajstić information content (AvgIpc) is 2.72. The fourth-order valence-electron chi connectivity index (χ4n) is 3.18. The predicted molar refractivity (Wildman–Crippen MR) is 113 cm³/mol. The molecule has 0 saturated heterocycles. The number of benzene rings is 2. The lowest BCUT2D eigenvalue weighted by molar-refractivity contribution is -0.116. The Balaban J connectivity index is 1.71. The van der Waals surface area contributed by atoms with E-state index < -0.39 is 0 Å². The molecule has 1 aromatic heterocycles. The van der Waals surface area contributed by atoms with Crippen LogP contribution in [0.4, 0.5) is 5.69 Å². The molecule has 3 rings (SSSR count). The number of anilines is 1. The van der Waals surface area contributed by atoms with Crippen molar-refractivity contribution in [1.29, 1.82) is 0 Å². The molecule has 0 aliphatic rings. The van der Waals surface area contributed by atoms with E-state index in [-0.39, 0.29) is 11.7 Å². The van der Waals surface area contributed by atoms with Crippen LogP contribution in [0, 0.1) is 6.92 Å². The van der Waals surface area contributed by atoms with E-state index in [2.05, 4.69) is 11.1 Å². The molecule has 2 aromatic carbocycles. The van der Waals surface area contributed by atoms with Crippen molar-refractivity contribution < 1.29 is 9.59 Å². The molecule has 4 nitrogen and oxygen atoms in total. The zero-order chi connectivity index (χ0) is 20.1. The number of carbonyl (C=O) groups excluding carboxylic acids is 2. The standard InChI is InChI=1S/C24H24N2O2/c1-17-15-22(11-12-23(17)26(3)18(2)27)20-7-9-21(10-8-20)24(28)13-6-19-5-4-14-25-16-19/h4-5,7-12,14-16H,6,13H2,1-3H3. The maximum atomic E-state index is 12.4. The summed E-state index contributed by atoms with van der Waals surface area (Å²) in [4.78, 5) is 29.8. The van der Waals surface area contributed by atoms with Crippen LogP contribution in [-0.4, -0.2) is 23.7 Å². The molecule has 0 aliphatic carbocycles. The molecule has 0 spiro atoms. The molecule has 142 valence electrons. The van der Waals surface area contributed by atoms with E-state index in [1.54, 1.807) is 31.3 Å². The Bertz CT molecular complexity index is 979. The van der Waals surface area contributed by atoms with Crippen LogP contribution >= 0.6 is 0 Å². The molecule has 0 atom stereocenters. The van der Waals surface area contributed by atoms with Gasteiger partial charge in [-0.25, -0.2) is 0 Å². The van der Waals surface area contributed by atoms with Crippen molar-refractivity contribution >= 4 is 17.4 Å². The first-order valence-corrected chi connectivity index (χ1v) is 9.33. The third-order valence-electron chi connectivity index (χ3n) is 4.93. The Morgan fingerprint density at radius 3 is 2.32 bits per heavy atom. The lowest BCUT2D eigenvalue weighted by atomic mass is 9.98. The molecule has 1 heterocycles. The molecular formula is C24H24N2O2. The Morgan fingerprint density at radius 1 is 1.00 bits per heavy atom. The molecule has 0 fully saturated rings. The smallest absolute Gasteiger partial charge is 0.223 e. The van der Waals surface area contributed by atoms with Gasteiger partial charge >= 0.3 is 0 Å². The van der Waals surface area contributed by atoms with Crippen LogP contribution in [0.25, 0.3) is 11.1 Å². The van der Waals surface area contributed by atoms with E-state index in [4.69, 9.17) is 0 Å². The lowest BCUT2D eigenvalue weighted by Gasteiger charge is -2.18. The fraction of sp³-hybridized carbons (Fsp3) is 0.208. The predicted octanol–water partition coefficient (Wildman–Crippen LogP) is 4.86. The Labute approximate surface area is 165 Å². The third-order valence-corrected chi connectivity index (χ3v) is 4.93. The van der Waals surface area contributed by atoms with Crippen molar-refractivity contribution in [3.05, 3.63) is 83.7 Å². The zero-order valence-electron chi connectivity index (χ0n) is 16.5. The first-order valence-electron chi connectivity index (χ1n) is 9.33. The van der Waals surface area contributed by atoms with E-state index >= 15 is 0 Å². The van der Waals surface area contributed by atoms with Gasteiger partial charge in [0.05, 0.1) is 0 Å².